The van der Waals surface area contributed by atoms with Crippen LogP contribution < -0.4 is 0 Å². The molecular formula is C65H39N5O. The molecule has 15 aromatic rings. The molecule has 0 spiro atoms. The van der Waals surface area contributed by atoms with Crippen LogP contribution in [0.15, 0.2) is 241 Å². The number of hydrogen-bond acceptors (Lipinski definition) is 4. The quantitative estimate of drug-likeness (QED) is 0.167. The van der Waals surface area contributed by atoms with Crippen LogP contribution in [0.2, 0.25) is 0 Å². The van der Waals surface area contributed by atoms with E-state index in [1.165, 1.54) is 21.5 Å². The molecule has 15 rings (SSSR count). The van der Waals surface area contributed by atoms with Crippen LogP contribution in [-0.4, -0.2) is 24.1 Å². The lowest BCUT2D eigenvalue weighted by atomic mass is 9.95. The summed E-state index contributed by atoms with van der Waals surface area (Å²) < 4.78 is 11.5. The highest BCUT2D eigenvalue weighted by Crippen LogP contribution is 2.45. The first-order chi connectivity index (χ1) is 35.2. The molecule has 0 aliphatic rings. The molecule has 6 nitrogen and oxygen atoms in total. The van der Waals surface area contributed by atoms with E-state index in [1.54, 1.807) is 0 Å². The molecule has 330 valence electrons. The third kappa shape index (κ3) is 6.11. The summed E-state index contributed by atoms with van der Waals surface area (Å²) in [6.07, 6.45) is 0. The van der Waals surface area contributed by atoms with Crippen molar-refractivity contribution in [2.24, 2.45) is 0 Å². The summed E-state index contributed by atoms with van der Waals surface area (Å²) in [7, 11) is 0. The van der Waals surface area contributed by atoms with Gasteiger partial charge >= 0.3 is 0 Å². The van der Waals surface area contributed by atoms with Crippen LogP contribution in [0.5, 0.6) is 0 Å². The molecule has 11 aromatic carbocycles. The summed E-state index contributed by atoms with van der Waals surface area (Å²) in [5.74, 6) is 1.76. The Morgan fingerprint density at radius 2 is 0.873 bits per heavy atom. The van der Waals surface area contributed by atoms with Crippen LogP contribution in [0.25, 0.3) is 144 Å². The number of aromatic nitrogens is 5. The maximum Gasteiger partial charge on any atom is 0.166 e. The fourth-order valence-electron chi connectivity index (χ4n) is 11.1. The molecular weight excluding hydrogens is 867 g/mol. The van der Waals surface area contributed by atoms with E-state index in [9.17, 15) is 0 Å². The Labute approximate surface area is 407 Å². The third-order valence-electron chi connectivity index (χ3n) is 14.3. The number of hydrogen-bond donors (Lipinski definition) is 0. The molecule has 71 heavy (non-hydrogen) atoms. The largest absolute Gasteiger partial charge is 0.456 e. The van der Waals surface area contributed by atoms with E-state index in [1.807, 2.05) is 18.2 Å². The second-order valence-corrected chi connectivity index (χ2v) is 18.3. The zero-order chi connectivity index (χ0) is 46.6. The number of rotatable bonds is 6. The van der Waals surface area contributed by atoms with Crippen molar-refractivity contribution in [3.05, 3.63) is 237 Å². The Morgan fingerprint density at radius 3 is 1.63 bits per heavy atom. The molecule has 0 bridgehead atoms. The van der Waals surface area contributed by atoms with Crippen molar-refractivity contribution >= 4 is 87.1 Å². The van der Waals surface area contributed by atoms with Crippen LogP contribution in [-0.2, 0) is 0 Å². The van der Waals surface area contributed by atoms with Crippen molar-refractivity contribution in [1.82, 2.24) is 24.1 Å². The summed E-state index contributed by atoms with van der Waals surface area (Å²) >= 11 is 0. The highest BCUT2D eigenvalue weighted by Gasteiger charge is 2.24. The van der Waals surface area contributed by atoms with Gasteiger partial charge < -0.3 is 13.6 Å². The summed E-state index contributed by atoms with van der Waals surface area (Å²) in [6.45, 7) is 0. The first kappa shape index (κ1) is 39.4. The van der Waals surface area contributed by atoms with Gasteiger partial charge in [0, 0.05) is 60.3 Å². The molecule has 4 aromatic heterocycles. The molecule has 0 amide bonds. The standard InChI is InChI=1S/C65H39N5O/c1-3-17-40(18-4-1)63-66-64(68-65(67-63)51-29-15-28-50-47-25-11-13-30-55(47)69(62(50)51)46-23-5-2-6-24-46)45-33-34-57(70-56-31-14-12-26-48(56)52-35-41-19-7-9-21-43(41)38-58(52)70)53(37-45)49-27-16-32-59-61(49)54-36-42-20-8-10-22-44(42)39-60(54)71-59/h1-39H. The van der Waals surface area contributed by atoms with E-state index in [-0.39, 0.29) is 0 Å². The smallest absolute Gasteiger partial charge is 0.166 e. The summed E-state index contributed by atoms with van der Waals surface area (Å²) in [5.41, 5.74) is 12.9. The average Bonchev–Trinajstić information content (AvgIpc) is 4.09. The Hall–Kier alpha value is -9.65. The first-order valence-electron chi connectivity index (χ1n) is 24.0. The first-order valence-corrected chi connectivity index (χ1v) is 24.0. The Kier molecular flexibility index (Phi) is 8.56. The van der Waals surface area contributed by atoms with Crippen molar-refractivity contribution in [1.29, 1.82) is 0 Å². The van der Waals surface area contributed by atoms with Crippen molar-refractivity contribution < 1.29 is 4.42 Å². The molecule has 0 atom stereocenters. The number of fused-ring (bicyclic) bond motifs is 11. The molecule has 0 unspecified atom stereocenters. The van der Waals surface area contributed by atoms with Gasteiger partial charge in [0.05, 0.1) is 27.8 Å². The van der Waals surface area contributed by atoms with E-state index in [0.29, 0.717) is 17.5 Å². The lowest BCUT2D eigenvalue weighted by Crippen LogP contribution is -2.03. The van der Waals surface area contributed by atoms with Gasteiger partial charge in [-0.05, 0) is 106 Å². The van der Waals surface area contributed by atoms with E-state index in [4.69, 9.17) is 19.4 Å². The fraction of sp³-hybridized carbons (Fsp3) is 0. The van der Waals surface area contributed by atoms with Crippen molar-refractivity contribution in [2.75, 3.05) is 0 Å². The van der Waals surface area contributed by atoms with Crippen molar-refractivity contribution in [3.63, 3.8) is 0 Å². The number of nitrogens with zero attached hydrogens (tertiary/aromatic N) is 5. The highest BCUT2D eigenvalue weighted by atomic mass is 16.3. The molecule has 4 heterocycles. The predicted molar refractivity (Wildman–Crippen MR) is 293 cm³/mol. The minimum absolute atomic E-state index is 0.574. The molecule has 0 N–H and O–H groups in total. The van der Waals surface area contributed by atoms with Gasteiger partial charge in [-0.3, -0.25) is 0 Å². The zero-order valence-corrected chi connectivity index (χ0v) is 38.2. The number of furan rings is 1. The average molecular weight is 906 g/mol. The molecule has 0 radical (unpaired) electrons. The Balaban J connectivity index is 1.03. The summed E-state index contributed by atoms with van der Waals surface area (Å²) in [6, 6.07) is 83.9. The lowest BCUT2D eigenvalue weighted by Gasteiger charge is -2.17. The van der Waals surface area contributed by atoms with Crippen LogP contribution in [0.3, 0.4) is 0 Å². The Morgan fingerprint density at radius 1 is 0.310 bits per heavy atom. The van der Waals surface area contributed by atoms with E-state index < -0.39 is 0 Å². The maximum absolute atomic E-state index is 6.74. The van der Waals surface area contributed by atoms with Gasteiger partial charge in [-0.1, -0.05) is 158 Å². The molecule has 0 saturated carbocycles. The second kappa shape index (κ2) is 15.4. The number of benzene rings is 11. The normalized spacial score (nSPS) is 11.9. The van der Waals surface area contributed by atoms with Gasteiger partial charge in [-0.15, -0.1) is 0 Å². The van der Waals surface area contributed by atoms with Gasteiger partial charge in [0.2, 0.25) is 0 Å². The van der Waals surface area contributed by atoms with Crippen LogP contribution >= 0.6 is 0 Å². The van der Waals surface area contributed by atoms with Gasteiger partial charge in [-0.25, -0.2) is 15.0 Å². The number of para-hydroxylation sites is 4. The van der Waals surface area contributed by atoms with Gasteiger partial charge in [0.25, 0.3) is 0 Å². The summed E-state index contributed by atoms with van der Waals surface area (Å²) in [4.78, 5) is 16.2. The van der Waals surface area contributed by atoms with Crippen LogP contribution in [0.4, 0.5) is 0 Å². The molecule has 0 aliphatic heterocycles. The molecule has 0 aliphatic carbocycles. The van der Waals surface area contributed by atoms with Crippen molar-refractivity contribution in [2.45, 2.75) is 0 Å². The van der Waals surface area contributed by atoms with Gasteiger partial charge in [0.1, 0.15) is 11.2 Å². The fourth-order valence-corrected chi connectivity index (χ4v) is 11.1. The zero-order valence-electron chi connectivity index (χ0n) is 38.2. The van der Waals surface area contributed by atoms with Crippen molar-refractivity contribution in [3.8, 4) is 56.7 Å². The monoisotopic (exact) mass is 905 g/mol. The molecule has 0 saturated heterocycles. The predicted octanol–water partition coefficient (Wildman–Crippen LogP) is 16.9. The van der Waals surface area contributed by atoms with Crippen LogP contribution in [0.1, 0.15) is 0 Å². The van der Waals surface area contributed by atoms with E-state index in [2.05, 4.69) is 228 Å². The Bertz CT molecular complexity index is 4640. The van der Waals surface area contributed by atoms with E-state index >= 15 is 0 Å². The third-order valence-corrected chi connectivity index (χ3v) is 14.3. The highest BCUT2D eigenvalue weighted by molar-refractivity contribution is 6.18. The summed E-state index contributed by atoms with van der Waals surface area (Å²) in [5, 5.41) is 11.5. The topological polar surface area (TPSA) is 61.7 Å². The second-order valence-electron chi connectivity index (χ2n) is 18.3. The maximum atomic E-state index is 6.74. The molecule has 6 heteroatoms. The van der Waals surface area contributed by atoms with Gasteiger partial charge in [0.15, 0.2) is 17.5 Å². The lowest BCUT2D eigenvalue weighted by molar-refractivity contribution is 0.669. The minimum atomic E-state index is 0.574. The van der Waals surface area contributed by atoms with Gasteiger partial charge in [-0.2, -0.15) is 0 Å². The minimum Gasteiger partial charge on any atom is -0.456 e. The van der Waals surface area contributed by atoms with Crippen LogP contribution in [0, 0.1) is 0 Å². The molecule has 0 fully saturated rings. The van der Waals surface area contributed by atoms with E-state index in [0.717, 1.165) is 105 Å². The SMILES string of the molecule is c1ccc(-c2nc(-c3ccc(-n4c5ccccc5c5cc6ccccc6cc54)c(-c4cccc5oc6cc7ccccc7cc6c45)c3)nc(-c3cccc4c5ccccc5n(-c5ccccc5)c34)n2)cc1.